The number of rotatable bonds is 8. The highest BCUT2D eigenvalue weighted by Crippen LogP contribution is 2.27. The fourth-order valence-electron chi connectivity index (χ4n) is 2.94. The summed E-state index contributed by atoms with van der Waals surface area (Å²) in [5, 5.41) is 5.70. The van der Waals surface area contributed by atoms with Crippen LogP contribution in [-0.4, -0.2) is 32.0 Å². The van der Waals surface area contributed by atoms with Gasteiger partial charge in [0, 0.05) is 19.5 Å². The van der Waals surface area contributed by atoms with Crippen molar-refractivity contribution in [2.24, 2.45) is 5.92 Å². The third-order valence-corrected chi connectivity index (χ3v) is 4.24. The van der Waals surface area contributed by atoms with Gasteiger partial charge in [-0.1, -0.05) is 25.0 Å². The second-order valence-corrected chi connectivity index (χ2v) is 6.08. The first-order chi connectivity index (χ1) is 11.2. The molecule has 0 unspecified atom stereocenters. The van der Waals surface area contributed by atoms with Crippen LogP contribution in [0, 0.1) is 5.92 Å². The maximum absolute atomic E-state index is 11.8. The van der Waals surface area contributed by atoms with E-state index in [4.69, 9.17) is 4.74 Å². The number of carbonyl (C=O) groups excluding carboxylic acids is 2. The number of hydrogen-bond donors (Lipinski definition) is 2. The molecule has 1 aromatic carbocycles. The van der Waals surface area contributed by atoms with Gasteiger partial charge >= 0.3 is 0 Å². The molecule has 0 saturated heterocycles. The van der Waals surface area contributed by atoms with Gasteiger partial charge in [-0.25, -0.2) is 0 Å². The average Bonchev–Trinajstić information content (AvgIpc) is 3.05. The third kappa shape index (κ3) is 6.30. The van der Waals surface area contributed by atoms with Gasteiger partial charge in [-0.3, -0.25) is 9.59 Å². The molecule has 2 amide bonds. The molecule has 23 heavy (non-hydrogen) atoms. The van der Waals surface area contributed by atoms with Crippen LogP contribution < -0.4 is 15.4 Å². The molecule has 0 bridgehead atoms. The standard InChI is InChI=1S/C18H26N2O3/c1-23-16-8-6-15(7-9-16)13-18(22)20-11-10-19-17(21)12-14-4-2-3-5-14/h6-9,14H,2-5,10-13H2,1H3,(H,19,21)(H,20,22). The molecule has 0 aliphatic heterocycles. The van der Waals surface area contributed by atoms with E-state index in [2.05, 4.69) is 10.6 Å². The van der Waals surface area contributed by atoms with Crippen LogP contribution >= 0.6 is 0 Å². The van der Waals surface area contributed by atoms with Crippen molar-refractivity contribution in [2.75, 3.05) is 20.2 Å². The second-order valence-electron chi connectivity index (χ2n) is 6.08. The molecular formula is C18H26N2O3. The Hall–Kier alpha value is -2.04. The van der Waals surface area contributed by atoms with Gasteiger partial charge in [0.25, 0.3) is 0 Å². The van der Waals surface area contributed by atoms with Crippen LogP contribution in [0.1, 0.15) is 37.7 Å². The van der Waals surface area contributed by atoms with Crippen LogP contribution in [0.4, 0.5) is 0 Å². The number of benzene rings is 1. The lowest BCUT2D eigenvalue weighted by molar-refractivity contribution is -0.123. The molecule has 2 N–H and O–H groups in total. The zero-order chi connectivity index (χ0) is 16.5. The van der Waals surface area contributed by atoms with Gasteiger partial charge < -0.3 is 15.4 Å². The Labute approximate surface area is 137 Å². The predicted octanol–water partition coefficient (Wildman–Crippen LogP) is 2.05. The van der Waals surface area contributed by atoms with Gasteiger partial charge in [0.05, 0.1) is 13.5 Å². The molecule has 0 spiro atoms. The summed E-state index contributed by atoms with van der Waals surface area (Å²) in [5.41, 5.74) is 0.938. The van der Waals surface area contributed by atoms with E-state index in [-0.39, 0.29) is 11.8 Å². The average molecular weight is 318 g/mol. The third-order valence-electron chi connectivity index (χ3n) is 4.24. The first-order valence-corrected chi connectivity index (χ1v) is 8.33. The van der Waals surface area contributed by atoms with Crippen molar-refractivity contribution in [3.63, 3.8) is 0 Å². The molecule has 5 heteroatoms. The van der Waals surface area contributed by atoms with Crippen molar-refractivity contribution in [2.45, 2.75) is 38.5 Å². The van der Waals surface area contributed by atoms with E-state index in [9.17, 15) is 9.59 Å². The van der Waals surface area contributed by atoms with E-state index >= 15 is 0 Å². The molecule has 0 aromatic heterocycles. The molecular weight excluding hydrogens is 292 g/mol. The Balaban J connectivity index is 1.57. The molecule has 1 aromatic rings. The summed E-state index contributed by atoms with van der Waals surface area (Å²) in [6, 6.07) is 7.43. The van der Waals surface area contributed by atoms with Gasteiger partial charge in [0.1, 0.15) is 5.75 Å². The molecule has 5 nitrogen and oxygen atoms in total. The van der Waals surface area contributed by atoms with Crippen molar-refractivity contribution in [3.05, 3.63) is 29.8 Å². The highest BCUT2D eigenvalue weighted by molar-refractivity contribution is 5.79. The Morgan fingerprint density at radius 2 is 1.65 bits per heavy atom. The number of methoxy groups -OCH3 is 1. The molecule has 126 valence electrons. The van der Waals surface area contributed by atoms with Crippen LogP contribution in [0.5, 0.6) is 5.75 Å². The molecule has 0 atom stereocenters. The van der Waals surface area contributed by atoms with E-state index in [0.717, 1.165) is 11.3 Å². The Bertz CT molecular complexity index is 508. The number of carbonyl (C=O) groups is 2. The monoisotopic (exact) mass is 318 g/mol. The molecule has 1 aliphatic carbocycles. The van der Waals surface area contributed by atoms with Crippen LogP contribution in [0.2, 0.25) is 0 Å². The summed E-state index contributed by atoms with van der Waals surface area (Å²) in [7, 11) is 1.61. The van der Waals surface area contributed by atoms with Crippen molar-refractivity contribution in [3.8, 4) is 5.75 Å². The minimum Gasteiger partial charge on any atom is -0.497 e. The molecule has 2 rings (SSSR count). The lowest BCUT2D eigenvalue weighted by Crippen LogP contribution is -2.35. The Kier molecular flexibility index (Phi) is 6.91. The zero-order valence-electron chi connectivity index (χ0n) is 13.8. The maximum Gasteiger partial charge on any atom is 0.224 e. The second kappa shape index (κ2) is 9.18. The van der Waals surface area contributed by atoms with Gasteiger partial charge in [-0.15, -0.1) is 0 Å². The summed E-state index contributed by atoms with van der Waals surface area (Å²) >= 11 is 0. The molecule has 1 aliphatic rings. The van der Waals surface area contributed by atoms with Gasteiger partial charge in [0.15, 0.2) is 0 Å². The van der Waals surface area contributed by atoms with Crippen molar-refractivity contribution >= 4 is 11.8 Å². The van der Waals surface area contributed by atoms with E-state index < -0.39 is 0 Å². The quantitative estimate of drug-likeness (QED) is 0.721. The minimum atomic E-state index is -0.0415. The van der Waals surface area contributed by atoms with Crippen molar-refractivity contribution < 1.29 is 14.3 Å². The summed E-state index contributed by atoms with van der Waals surface area (Å²) in [6.45, 7) is 0.950. The zero-order valence-corrected chi connectivity index (χ0v) is 13.8. The highest BCUT2D eigenvalue weighted by Gasteiger charge is 2.17. The van der Waals surface area contributed by atoms with Crippen LogP contribution in [-0.2, 0) is 16.0 Å². The number of nitrogens with one attached hydrogen (secondary N) is 2. The van der Waals surface area contributed by atoms with E-state index in [1.165, 1.54) is 25.7 Å². The van der Waals surface area contributed by atoms with Gasteiger partial charge in [0.2, 0.25) is 11.8 Å². The van der Waals surface area contributed by atoms with Gasteiger partial charge in [-0.2, -0.15) is 0 Å². The highest BCUT2D eigenvalue weighted by atomic mass is 16.5. The summed E-state index contributed by atoms with van der Waals surface area (Å²) in [5.74, 6) is 1.39. The van der Waals surface area contributed by atoms with Crippen LogP contribution in [0.15, 0.2) is 24.3 Å². The van der Waals surface area contributed by atoms with E-state index in [1.54, 1.807) is 7.11 Å². The Morgan fingerprint density at radius 3 is 2.26 bits per heavy atom. The predicted molar refractivity (Wildman–Crippen MR) is 89.3 cm³/mol. The first-order valence-electron chi connectivity index (χ1n) is 8.33. The fourth-order valence-corrected chi connectivity index (χ4v) is 2.94. The number of amides is 2. The normalized spacial score (nSPS) is 14.5. The van der Waals surface area contributed by atoms with E-state index in [0.29, 0.717) is 31.8 Å². The SMILES string of the molecule is COc1ccc(CC(=O)NCCNC(=O)CC2CCCC2)cc1. The van der Waals surface area contributed by atoms with Crippen molar-refractivity contribution in [1.29, 1.82) is 0 Å². The lowest BCUT2D eigenvalue weighted by Gasteiger charge is -2.10. The summed E-state index contributed by atoms with van der Waals surface area (Å²) in [6.07, 6.45) is 5.80. The first kappa shape index (κ1) is 17.3. The summed E-state index contributed by atoms with van der Waals surface area (Å²) in [4.78, 5) is 23.6. The molecule has 0 heterocycles. The molecule has 0 radical (unpaired) electrons. The number of hydrogen-bond acceptors (Lipinski definition) is 3. The van der Waals surface area contributed by atoms with Crippen molar-refractivity contribution in [1.82, 2.24) is 10.6 Å². The molecule has 1 saturated carbocycles. The topological polar surface area (TPSA) is 67.4 Å². The van der Waals surface area contributed by atoms with Gasteiger partial charge in [-0.05, 0) is 36.5 Å². The lowest BCUT2D eigenvalue weighted by atomic mass is 10.0. The summed E-state index contributed by atoms with van der Waals surface area (Å²) < 4.78 is 5.08. The number of ether oxygens (including phenoxy) is 1. The minimum absolute atomic E-state index is 0.0415. The molecule has 1 fully saturated rings. The largest absolute Gasteiger partial charge is 0.497 e. The van der Waals surface area contributed by atoms with Crippen LogP contribution in [0.3, 0.4) is 0 Å². The van der Waals surface area contributed by atoms with Crippen LogP contribution in [0.25, 0.3) is 0 Å². The van der Waals surface area contributed by atoms with E-state index in [1.807, 2.05) is 24.3 Å². The maximum atomic E-state index is 11.8. The smallest absolute Gasteiger partial charge is 0.224 e. The Morgan fingerprint density at radius 1 is 1.04 bits per heavy atom. The fraction of sp³-hybridized carbons (Fsp3) is 0.556.